The molecule has 0 amide bonds. The molecule has 1 aliphatic heterocycles. The van der Waals surface area contributed by atoms with Crippen molar-refractivity contribution in [3.8, 4) is 0 Å². The third kappa shape index (κ3) is 5.61. The van der Waals surface area contributed by atoms with Crippen molar-refractivity contribution in [2.24, 2.45) is 5.92 Å². The number of nitrogens with zero attached hydrogens (tertiary/aromatic N) is 3. The predicted molar refractivity (Wildman–Crippen MR) is 113 cm³/mol. The van der Waals surface area contributed by atoms with E-state index < -0.39 is 6.10 Å². The molecule has 0 radical (unpaired) electrons. The lowest BCUT2D eigenvalue weighted by Crippen LogP contribution is -2.36. The first kappa shape index (κ1) is 21.4. The Morgan fingerprint density at radius 3 is 2.68 bits per heavy atom. The average Bonchev–Trinajstić information content (AvgIpc) is 2.94. The van der Waals surface area contributed by atoms with Crippen LogP contribution in [-0.4, -0.2) is 72.1 Å². The Hall–Kier alpha value is -1.32. The number of fused-ring (bicyclic) bond motifs is 1. The van der Waals surface area contributed by atoms with Crippen molar-refractivity contribution in [2.45, 2.75) is 40.3 Å². The number of aryl methyl sites for hydroxylation is 2. The van der Waals surface area contributed by atoms with Crippen LogP contribution in [0, 0.1) is 19.8 Å². The van der Waals surface area contributed by atoms with Gasteiger partial charge in [-0.05, 0) is 25.3 Å². The highest BCUT2D eigenvalue weighted by atomic mass is 32.1. The molecule has 2 N–H and O–H groups in total. The van der Waals surface area contributed by atoms with E-state index in [1.807, 2.05) is 0 Å². The van der Waals surface area contributed by atoms with Crippen LogP contribution in [0.15, 0.2) is 0 Å². The summed E-state index contributed by atoms with van der Waals surface area (Å²) in [6.45, 7) is 13.8. The van der Waals surface area contributed by atoms with Crippen molar-refractivity contribution in [1.29, 1.82) is 0 Å². The predicted octanol–water partition coefficient (Wildman–Crippen LogP) is 2.59. The van der Waals surface area contributed by atoms with Gasteiger partial charge in [0.05, 0.1) is 37.9 Å². The molecule has 3 rings (SSSR count). The lowest BCUT2D eigenvalue weighted by Gasteiger charge is -2.26. The quantitative estimate of drug-likeness (QED) is 0.660. The molecular formula is C20H32N4O3S. The second-order valence-corrected chi connectivity index (χ2v) is 9.01. The summed E-state index contributed by atoms with van der Waals surface area (Å²) in [5.74, 6) is 2.07. The number of rotatable bonds is 9. The van der Waals surface area contributed by atoms with E-state index in [0.717, 1.165) is 48.2 Å². The summed E-state index contributed by atoms with van der Waals surface area (Å²) in [7, 11) is 0. The Bertz CT molecular complexity index is 774. The summed E-state index contributed by atoms with van der Waals surface area (Å²) in [5, 5.41) is 14.6. The van der Waals surface area contributed by atoms with E-state index in [9.17, 15) is 5.11 Å². The fourth-order valence-corrected chi connectivity index (χ4v) is 4.21. The van der Waals surface area contributed by atoms with Gasteiger partial charge in [0, 0.05) is 31.1 Å². The topological polar surface area (TPSA) is 79.7 Å². The van der Waals surface area contributed by atoms with Crippen molar-refractivity contribution in [3.63, 3.8) is 0 Å². The van der Waals surface area contributed by atoms with E-state index in [0.29, 0.717) is 32.2 Å². The first-order valence-corrected chi connectivity index (χ1v) is 10.8. The first-order chi connectivity index (χ1) is 13.4. The van der Waals surface area contributed by atoms with Gasteiger partial charge in [0.25, 0.3) is 0 Å². The Morgan fingerprint density at radius 2 is 1.96 bits per heavy atom. The van der Waals surface area contributed by atoms with Crippen LogP contribution in [0.2, 0.25) is 0 Å². The van der Waals surface area contributed by atoms with E-state index in [2.05, 4.69) is 37.9 Å². The Balaban J connectivity index is 1.72. The molecule has 8 heteroatoms. The minimum absolute atomic E-state index is 0.321. The van der Waals surface area contributed by atoms with Gasteiger partial charge in [-0.2, -0.15) is 0 Å². The van der Waals surface area contributed by atoms with Crippen molar-refractivity contribution < 1.29 is 14.6 Å². The number of morpholine rings is 1. The molecule has 0 aromatic carbocycles. The molecule has 1 unspecified atom stereocenters. The average molecular weight is 409 g/mol. The van der Waals surface area contributed by atoms with Gasteiger partial charge in [-0.1, -0.05) is 13.8 Å². The number of aliphatic hydroxyl groups excluding tert-OH is 1. The Morgan fingerprint density at radius 1 is 1.21 bits per heavy atom. The van der Waals surface area contributed by atoms with Gasteiger partial charge in [-0.15, -0.1) is 11.3 Å². The standard InChI is InChI=1S/C20H32N4O3S/c1-13(2)11-27-12-16(25)9-21-19-18-14(3)15(4)28-20(18)23-17(22-19)10-24-5-7-26-8-6-24/h13,16,25H,5-12H2,1-4H3,(H,21,22,23). The molecule has 2 aromatic rings. The summed E-state index contributed by atoms with van der Waals surface area (Å²) in [5.41, 5.74) is 1.20. The Kier molecular flexibility index (Phi) is 7.59. The van der Waals surface area contributed by atoms with E-state index in [-0.39, 0.29) is 0 Å². The largest absolute Gasteiger partial charge is 0.389 e. The van der Waals surface area contributed by atoms with Gasteiger partial charge in [0.2, 0.25) is 0 Å². The fraction of sp³-hybridized carbons (Fsp3) is 0.700. The molecule has 0 spiro atoms. The third-order valence-corrected chi connectivity index (χ3v) is 5.91. The molecule has 0 bridgehead atoms. The Labute approximate surface area is 171 Å². The van der Waals surface area contributed by atoms with Crippen molar-refractivity contribution in [1.82, 2.24) is 14.9 Å². The molecule has 1 atom stereocenters. The minimum Gasteiger partial charge on any atom is -0.389 e. The molecule has 156 valence electrons. The number of hydrogen-bond acceptors (Lipinski definition) is 8. The normalized spacial score (nSPS) is 16.8. The van der Waals surface area contributed by atoms with E-state index in [1.54, 1.807) is 11.3 Å². The summed E-state index contributed by atoms with van der Waals surface area (Å²) >= 11 is 1.70. The van der Waals surface area contributed by atoms with Crippen LogP contribution in [0.1, 0.15) is 30.1 Å². The van der Waals surface area contributed by atoms with Gasteiger partial charge in [-0.25, -0.2) is 9.97 Å². The molecule has 2 aromatic heterocycles. The van der Waals surface area contributed by atoms with Crippen LogP contribution >= 0.6 is 11.3 Å². The molecule has 7 nitrogen and oxygen atoms in total. The van der Waals surface area contributed by atoms with Crippen molar-refractivity contribution >= 4 is 27.4 Å². The van der Waals surface area contributed by atoms with Crippen LogP contribution < -0.4 is 5.32 Å². The summed E-state index contributed by atoms with van der Waals surface area (Å²) in [6.07, 6.45) is -0.577. The van der Waals surface area contributed by atoms with Gasteiger partial charge in [0.1, 0.15) is 16.5 Å². The second-order valence-electron chi connectivity index (χ2n) is 7.81. The zero-order valence-corrected chi connectivity index (χ0v) is 18.1. The molecular weight excluding hydrogens is 376 g/mol. The van der Waals surface area contributed by atoms with Crippen LogP contribution in [0.3, 0.4) is 0 Å². The number of anilines is 1. The maximum absolute atomic E-state index is 10.2. The van der Waals surface area contributed by atoms with E-state index in [4.69, 9.17) is 19.4 Å². The van der Waals surface area contributed by atoms with Crippen LogP contribution in [0.25, 0.3) is 10.2 Å². The number of ether oxygens (including phenoxy) is 2. The SMILES string of the molecule is Cc1sc2nc(CN3CCOCC3)nc(NCC(O)COCC(C)C)c2c1C. The van der Waals surface area contributed by atoms with Crippen LogP contribution in [0.4, 0.5) is 5.82 Å². The van der Waals surface area contributed by atoms with Crippen LogP contribution in [0.5, 0.6) is 0 Å². The van der Waals surface area contributed by atoms with E-state index >= 15 is 0 Å². The number of nitrogens with one attached hydrogen (secondary N) is 1. The smallest absolute Gasteiger partial charge is 0.146 e. The number of aliphatic hydroxyl groups is 1. The molecule has 3 heterocycles. The lowest BCUT2D eigenvalue weighted by atomic mass is 10.2. The second kappa shape index (κ2) is 9.93. The molecule has 1 aliphatic rings. The molecule has 28 heavy (non-hydrogen) atoms. The lowest BCUT2D eigenvalue weighted by molar-refractivity contribution is 0.0316. The number of aromatic nitrogens is 2. The van der Waals surface area contributed by atoms with Crippen LogP contribution in [-0.2, 0) is 16.0 Å². The number of hydrogen-bond donors (Lipinski definition) is 2. The molecule has 0 aliphatic carbocycles. The van der Waals surface area contributed by atoms with Crippen molar-refractivity contribution in [2.75, 3.05) is 51.4 Å². The molecule has 0 saturated carbocycles. The van der Waals surface area contributed by atoms with Gasteiger partial charge >= 0.3 is 0 Å². The third-order valence-electron chi connectivity index (χ3n) is 4.81. The maximum Gasteiger partial charge on any atom is 0.146 e. The van der Waals surface area contributed by atoms with Gasteiger partial charge in [-0.3, -0.25) is 4.90 Å². The summed E-state index contributed by atoms with van der Waals surface area (Å²) in [4.78, 5) is 14.2. The van der Waals surface area contributed by atoms with Gasteiger partial charge < -0.3 is 19.9 Å². The van der Waals surface area contributed by atoms with E-state index in [1.165, 1.54) is 10.4 Å². The molecule has 1 saturated heterocycles. The highest BCUT2D eigenvalue weighted by Crippen LogP contribution is 2.33. The summed E-state index contributed by atoms with van der Waals surface area (Å²) in [6, 6.07) is 0. The summed E-state index contributed by atoms with van der Waals surface area (Å²) < 4.78 is 11.0. The highest BCUT2D eigenvalue weighted by Gasteiger charge is 2.18. The first-order valence-electron chi connectivity index (χ1n) is 10.0. The maximum atomic E-state index is 10.2. The fourth-order valence-electron chi connectivity index (χ4n) is 3.16. The zero-order chi connectivity index (χ0) is 20.1. The minimum atomic E-state index is -0.577. The van der Waals surface area contributed by atoms with Crippen molar-refractivity contribution in [3.05, 3.63) is 16.3 Å². The monoisotopic (exact) mass is 408 g/mol. The molecule has 1 fully saturated rings. The highest BCUT2D eigenvalue weighted by molar-refractivity contribution is 7.18. The van der Waals surface area contributed by atoms with Gasteiger partial charge in [0.15, 0.2) is 0 Å². The number of thiophene rings is 1. The zero-order valence-electron chi connectivity index (χ0n) is 17.3.